The molecule has 1 unspecified atom stereocenters. The molecule has 19 heavy (non-hydrogen) atoms. The fraction of sp³-hybridized carbons (Fsp3) is 0.385. The van der Waals surface area contributed by atoms with Crippen LogP contribution in [0.1, 0.15) is 22.2 Å². The van der Waals surface area contributed by atoms with Crippen LogP contribution in [0.4, 0.5) is 0 Å². The van der Waals surface area contributed by atoms with Gasteiger partial charge in [0.05, 0.1) is 17.0 Å². The summed E-state index contributed by atoms with van der Waals surface area (Å²) < 4.78 is 0. The van der Waals surface area contributed by atoms with E-state index in [0.29, 0.717) is 5.56 Å². The van der Waals surface area contributed by atoms with Gasteiger partial charge in [-0.05, 0) is 13.0 Å². The highest BCUT2D eigenvalue weighted by atomic mass is 32.1. The molecule has 5 nitrogen and oxygen atoms in total. The first-order valence-corrected chi connectivity index (χ1v) is 6.63. The summed E-state index contributed by atoms with van der Waals surface area (Å²) in [5.74, 6) is 5.16. The lowest BCUT2D eigenvalue weighted by atomic mass is 10.2. The molecule has 0 saturated carbocycles. The minimum atomic E-state index is -0.555. The molecule has 1 aromatic heterocycles. The number of nitrogens with one attached hydrogen (secondary N) is 1. The van der Waals surface area contributed by atoms with Gasteiger partial charge in [-0.15, -0.1) is 11.3 Å². The van der Waals surface area contributed by atoms with Crippen molar-refractivity contribution in [3.63, 3.8) is 0 Å². The zero-order valence-electron chi connectivity index (χ0n) is 11.2. The third-order valence-corrected chi connectivity index (χ3v) is 3.18. The summed E-state index contributed by atoms with van der Waals surface area (Å²) in [5.41, 5.74) is 5.78. The number of amides is 2. The largest absolute Gasteiger partial charge is 0.347 e. The van der Waals surface area contributed by atoms with Crippen molar-refractivity contribution in [3.8, 4) is 11.8 Å². The van der Waals surface area contributed by atoms with Gasteiger partial charge < -0.3 is 16.0 Å². The van der Waals surface area contributed by atoms with Crippen LogP contribution in [0.25, 0.3) is 0 Å². The smallest absolute Gasteiger partial charge is 0.252 e. The third-order valence-electron chi connectivity index (χ3n) is 2.33. The van der Waals surface area contributed by atoms with Crippen LogP contribution in [0.2, 0.25) is 0 Å². The Labute approximate surface area is 116 Å². The van der Waals surface area contributed by atoms with Gasteiger partial charge in [-0.25, -0.2) is 0 Å². The lowest BCUT2D eigenvalue weighted by Gasteiger charge is -2.17. The number of hydrogen-bond acceptors (Lipinski definition) is 4. The minimum Gasteiger partial charge on any atom is -0.347 e. The van der Waals surface area contributed by atoms with E-state index in [0.717, 1.165) is 4.88 Å². The lowest BCUT2D eigenvalue weighted by Crippen LogP contribution is -2.44. The predicted octanol–water partition coefficient (Wildman–Crippen LogP) is 0.265. The molecule has 1 heterocycles. The molecular weight excluding hydrogens is 262 g/mol. The normalized spacial score (nSPS) is 11.2. The van der Waals surface area contributed by atoms with Gasteiger partial charge in [0.1, 0.15) is 6.04 Å². The second kappa shape index (κ2) is 6.92. The van der Waals surface area contributed by atoms with E-state index in [2.05, 4.69) is 17.2 Å². The highest BCUT2D eigenvalue weighted by molar-refractivity contribution is 7.10. The van der Waals surface area contributed by atoms with Crippen molar-refractivity contribution in [2.24, 2.45) is 5.73 Å². The van der Waals surface area contributed by atoms with Gasteiger partial charge in [-0.1, -0.05) is 11.8 Å². The van der Waals surface area contributed by atoms with E-state index in [1.165, 1.54) is 16.2 Å². The Morgan fingerprint density at radius 1 is 1.53 bits per heavy atom. The van der Waals surface area contributed by atoms with Gasteiger partial charge in [-0.2, -0.15) is 0 Å². The fourth-order valence-electron chi connectivity index (χ4n) is 1.39. The Balaban J connectivity index is 2.68. The van der Waals surface area contributed by atoms with E-state index in [9.17, 15) is 9.59 Å². The summed E-state index contributed by atoms with van der Waals surface area (Å²) >= 11 is 1.37. The lowest BCUT2D eigenvalue weighted by molar-refractivity contribution is -0.130. The van der Waals surface area contributed by atoms with Crippen LogP contribution >= 0.6 is 11.3 Å². The molecule has 0 aliphatic carbocycles. The summed E-state index contributed by atoms with van der Waals surface area (Å²) in [5, 5.41) is 4.36. The first kappa shape index (κ1) is 15.2. The Bertz CT molecular complexity index is 525. The third kappa shape index (κ3) is 4.39. The molecule has 0 aliphatic heterocycles. The standard InChI is InChI=1S/C13H17N3O2S/c1-9(13(18)16(2)3)15-12(17)10-7-11(19-8-10)5-4-6-14/h7-9H,6,14H2,1-3H3,(H,15,17). The molecule has 3 N–H and O–H groups in total. The van der Waals surface area contributed by atoms with Crippen LogP contribution in [0.5, 0.6) is 0 Å². The maximum absolute atomic E-state index is 11.9. The van der Waals surface area contributed by atoms with E-state index < -0.39 is 6.04 Å². The number of likely N-dealkylation sites (N-methyl/N-ethyl adjacent to an activating group) is 1. The second-order valence-corrected chi connectivity index (χ2v) is 5.04. The van der Waals surface area contributed by atoms with Crippen molar-refractivity contribution >= 4 is 23.2 Å². The predicted molar refractivity (Wildman–Crippen MR) is 75.9 cm³/mol. The molecule has 0 aromatic carbocycles. The number of rotatable bonds is 3. The van der Waals surface area contributed by atoms with Gasteiger partial charge in [0, 0.05) is 19.5 Å². The van der Waals surface area contributed by atoms with Crippen molar-refractivity contribution in [1.82, 2.24) is 10.2 Å². The summed E-state index contributed by atoms with van der Waals surface area (Å²) in [6.45, 7) is 1.94. The minimum absolute atomic E-state index is 0.147. The molecule has 6 heteroatoms. The molecule has 0 radical (unpaired) electrons. The molecule has 2 amide bonds. The Kier molecular flexibility index (Phi) is 5.55. The molecule has 0 saturated heterocycles. The van der Waals surface area contributed by atoms with E-state index in [1.807, 2.05) is 0 Å². The highest BCUT2D eigenvalue weighted by Gasteiger charge is 2.18. The zero-order valence-corrected chi connectivity index (χ0v) is 12.0. The zero-order chi connectivity index (χ0) is 14.4. The molecule has 1 rings (SSSR count). The van der Waals surface area contributed by atoms with Crippen molar-refractivity contribution in [1.29, 1.82) is 0 Å². The monoisotopic (exact) mass is 279 g/mol. The Hall–Kier alpha value is -1.84. The number of carbonyl (C=O) groups is 2. The number of hydrogen-bond donors (Lipinski definition) is 2. The van der Waals surface area contributed by atoms with Crippen molar-refractivity contribution in [2.45, 2.75) is 13.0 Å². The molecule has 1 atom stereocenters. The van der Waals surface area contributed by atoms with Crippen molar-refractivity contribution in [2.75, 3.05) is 20.6 Å². The molecule has 0 spiro atoms. The molecule has 1 aromatic rings. The van der Waals surface area contributed by atoms with Crippen LogP contribution in [0.15, 0.2) is 11.4 Å². The van der Waals surface area contributed by atoms with Crippen LogP contribution in [0, 0.1) is 11.8 Å². The van der Waals surface area contributed by atoms with E-state index in [4.69, 9.17) is 5.73 Å². The van der Waals surface area contributed by atoms with Crippen molar-refractivity contribution < 1.29 is 9.59 Å². The number of carbonyl (C=O) groups excluding carboxylic acids is 2. The number of thiophene rings is 1. The average molecular weight is 279 g/mol. The first-order valence-electron chi connectivity index (χ1n) is 5.75. The van der Waals surface area contributed by atoms with Gasteiger partial charge in [0.25, 0.3) is 5.91 Å². The molecule has 0 aliphatic rings. The van der Waals surface area contributed by atoms with Crippen LogP contribution in [0.3, 0.4) is 0 Å². The van der Waals surface area contributed by atoms with Gasteiger partial charge in [0.15, 0.2) is 0 Å². The quantitative estimate of drug-likeness (QED) is 0.780. The summed E-state index contributed by atoms with van der Waals surface area (Å²) in [6, 6.07) is 1.14. The summed E-state index contributed by atoms with van der Waals surface area (Å²) in [7, 11) is 3.30. The Morgan fingerprint density at radius 2 is 2.21 bits per heavy atom. The average Bonchev–Trinajstić information content (AvgIpc) is 2.83. The van der Waals surface area contributed by atoms with Crippen molar-refractivity contribution in [3.05, 3.63) is 21.9 Å². The second-order valence-electron chi connectivity index (χ2n) is 4.13. The molecule has 102 valence electrons. The Morgan fingerprint density at radius 3 is 2.79 bits per heavy atom. The fourth-order valence-corrected chi connectivity index (χ4v) is 2.14. The van der Waals surface area contributed by atoms with Gasteiger partial charge >= 0.3 is 0 Å². The first-order chi connectivity index (χ1) is 8.95. The van der Waals surface area contributed by atoms with E-state index in [-0.39, 0.29) is 18.4 Å². The van der Waals surface area contributed by atoms with Crippen LogP contribution in [-0.4, -0.2) is 43.4 Å². The van der Waals surface area contributed by atoms with E-state index >= 15 is 0 Å². The highest BCUT2D eigenvalue weighted by Crippen LogP contribution is 2.13. The van der Waals surface area contributed by atoms with Crippen LogP contribution < -0.4 is 11.1 Å². The maximum atomic E-state index is 11.9. The molecular formula is C13H17N3O2S. The molecule has 0 fully saturated rings. The maximum Gasteiger partial charge on any atom is 0.252 e. The SMILES string of the molecule is CC(NC(=O)c1csc(C#CCN)c1)C(=O)N(C)C. The van der Waals surface area contributed by atoms with Gasteiger partial charge in [0.2, 0.25) is 5.91 Å². The van der Waals surface area contributed by atoms with Crippen LogP contribution in [-0.2, 0) is 4.79 Å². The van der Waals surface area contributed by atoms with E-state index in [1.54, 1.807) is 32.5 Å². The topological polar surface area (TPSA) is 75.4 Å². The number of nitrogens with zero attached hydrogens (tertiary/aromatic N) is 1. The van der Waals surface area contributed by atoms with Gasteiger partial charge in [-0.3, -0.25) is 9.59 Å². The molecule has 0 bridgehead atoms. The number of nitrogens with two attached hydrogens (primary N) is 1. The summed E-state index contributed by atoms with van der Waals surface area (Å²) in [6.07, 6.45) is 0. The summed E-state index contributed by atoms with van der Waals surface area (Å²) in [4.78, 5) is 25.8.